The van der Waals surface area contributed by atoms with Crippen LogP contribution in [0.5, 0.6) is 0 Å². The van der Waals surface area contributed by atoms with Crippen LogP contribution in [0, 0.1) is 0 Å². The normalized spacial score (nSPS) is 11.5. The van der Waals surface area contributed by atoms with Crippen molar-refractivity contribution >= 4 is 17.8 Å². The van der Waals surface area contributed by atoms with Crippen LogP contribution >= 0.6 is 11.8 Å². The lowest BCUT2D eigenvalue weighted by molar-refractivity contribution is 0.399. The Hall–Kier alpha value is -1.56. The molecule has 0 bridgehead atoms. The van der Waals surface area contributed by atoms with E-state index < -0.39 is 0 Å². The van der Waals surface area contributed by atoms with Crippen LogP contribution in [0.1, 0.15) is 26.7 Å². The molecule has 0 aliphatic heterocycles. The minimum atomic E-state index is -0.115. The van der Waals surface area contributed by atoms with Crippen LogP contribution in [0.3, 0.4) is 0 Å². The smallest absolute Gasteiger partial charge is 0.315 e. The molecule has 0 aromatic carbocycles. The molecule has 0 amide bonds. The molecule has 2 heterocycles. The topological polar surface area (TPSA) is 63.8 Å². The third-order valence-corrected chi connectivity index (χ3v) is 3.28. The van der Waals surface area contributed by atoms with E-state index in [0.717, 1.165) is 17.3 Å². The summed E-state index contributed by atoms with van der Waals surface area (Å²) >= 11 is 1.69. The van der Waals surface area contributed by atoms with E-state index in [1.54, 1.807) is 18.0 Å². The Morgan fingerprint density at radius 1 is 1.26 bits per heavy atom. The largest absolute Gasteiger partial charge is 0.408 e. The molecular formula is C13H18N4OS. The summed E-state index contributed by atoms with van der Waals surface area (Å²) in [7, 11) is 0. The van der Waals surface area contributed by atoms with Gasteiger partial charge in [-0.15, -0.1) is 16.9 Å². The molecule has 0 fully saturated rings. The van der Waals surface area contributed by atoms with Gasteiger partial charge in [0.15, 0.2) is 0 Å². The number of anilines is 1. The molecule has 102 valence electrons. The van der Waals surface area contributed by atoms with Crippen LogP contribution in [-0.2, 0) is 5.41 Å². The molecule has 6 heteroatoms. The van der Waals surface area contributed by atoms with Gasteiger partial charge >= 0.3 is 6.01 Å². The molecule has 0 aliphatic rings. The summed E-state index contributed by atoms with van der Waals surface area (Å²) in [5.74, 6) is 1.54. The molecule has 0 saturated carbocycles. The molecule has 2 rings (SSSR count). The predicted molar refractivity (Wildman–Crippen MR) is 76.4 cm³/mol. The molecule has 0 spiro atoms. The van der Waals surface area contributed by atoms with Gasteiger partial charge in [-0.3, -0.25) is 0 Å². The van der Waals surface area contributed by atoms with E-state index in [4.69, 9.17) is 4.42 Å². The zero-order valence-corrected chi connectivity index (χ0v) is 12.2. The lowest BCUT2D eigenvalue weighted by atomic mass is 9.97. The number of thioether (sulfide) groups is 1. The Balaban J connectivity index is 1.76. The van der Waals surface area contributed by atoms with Gasteiger partial charge in [-0.1, -0.05) is 31.9 Å². The second kappa shape index (κ2) is 6.06. The summed E-state index contributed by atoms with van der Waals surface area (Å²) in [6.07, 6.45) is 1.80. The number of nitrogens with one attached hydrogen (secondary N) is 1. The highest BCUT2D eigenvalue weighted by molar-refractivity contribution is 7.99. The fraction of sp³-hybridized carbons (Fsp3) is 0.462. The van der Waals surface area contributed by atoms with E-state index in [9.17, 15) is 0 Å². The van der Waals surface area contributed by atoms with E-state index in [0.29, 0.717) is 11.9 Å². The lowest BCUT2D eigenvalue weighted by Gasteiger charge is -2.10. The molecule has 1 N–H and O–H groups in total. The molecule has 0 aliphatic carbocycles. The van der Waals surface area contributed by atoms with Crippen LogP contribution in [0.15, 0.2) is 33.8 Å². The molecule has 19 heavy (non-hydrogen) atoms. The maximum absolute atomic E-state index is 5.54. The fourth-order valence-electron chi connectivity index (χ4n) is 1.34. The summed E-state index contributed by atoms with van der Waals surface area (Å²) in [4.78, 5) is 4.24. The predicted octanol–water partition coefficient (Wildman–Crippen LogP) is 2.97. The molecule has 0 saturated heterocycles. The maximum atomic E-state index is 5.54. The third-order valence-electron chi connectivity index (χ3n) is 2.33. The fourth-order valence-corrected chi connectivity index (χ4v) is 2.07. The van der Waals surface area contributed by atoms with E-state index in [1.807, 2.05) is 39.0 Å². The molecular weight excluding hydrogens is 260 g/mol. The average molecular weight is 278 g/mol. The molecule has 0 atom stereocenters. The average Bonchev–Trinajstić information content (AvgIpc) is 2.85. The quantitative estimate of drug-likeness (QED) is 0.670. The zero-order chi connectivity index (χ0) is 13.7. The molecule has 2 aromatic heterocycles. The molecule has 5 nitrogen and oxygen atoms in total. The van der Waals surface area contributed by atoms with Gasteiger partial charge < -0.3 is 9.73 Å². The van der Waals surface area contributed by atoms with Crippen molar-refractivity contribution in [3.63, 3.8) is 0 Å². The Morgan fingerprint density at radius 2 is 2.11 bits per heavy atom. The van der Waals surface area contributed by atoms with Crippen molar-refractivity contribution in [3.8, 4) is 0 Å². The number of hydrogen-bond donors (Lipinski definition) is 1. The monoisotopic (exact) mass is 278 g/mol. The van der Waals surface area contributed by atoms with Crippen molar-refractivity contribution in [1.29, 1.82) is 0 Å². The Morgan fingerprint density at radius 3 is 2.74 bits per heavy atom. The summed E-state index contributed by atoms with van der Waals surface area (Å²) in [5, 5.41) is 12.1. The summed E-state index contributed by atoms with van der Waals surface area (Å²) in [6, 6.07) is 6.37. The molecule has 2 aromatic rings. The van der Waals surface area contributed by atoms with Gasteiger partial charge in [0.1, 0.15) is 0 Å². The van der Waals surface area contributed by atoms with Crippen LogP contribution in [0.25, 0.3) is 0 Å². The van der Waals surface area contributed by atoms with Crippen molar-refractivity contribution in [1.82, 2.24) is 15.2 Å². The zero-order valence-electron chi connectivity index (χ0n) is 11.4. The second-order valence-corrected chi connectivity index (χ2v) is 6.22. The van der Waals surface area contributed by atoms with Crippen molar-refractivity contribution < 1.29 is 4.42 Å². The van der Waals surface area contributed by atoms with Gasteiger partial charge in [-0.2, -0.15) is 0 Å². The van der Waals surface area contributed by atoms with E-state index >= 15 is 0 Å². The highest BCUT2D eigenvalue weighted by atomic mass is 32.2. The minimum Gasteiger partial charge on any atom is -0.408 e. The van der Waals surface area contributed by atoms with Gasteiger partial charge in [-0.05, 0) is 12.1 Å². The number of aromatic nitrogens is 3. The number of pyridine rings is 1. The summed E-state index contributed by atoms with van der Waals surface area (Å²) < 4.78 is 5.54. The van der Waals surface area contributed by atoms with E-state index in [2.05, 4.69) is 20.5 Å². The maximum Gasteiger partial charge on any atom is 0.315 e. The summed E-state index contributed by atoms with van der Waals surface area (Å²) in [5.41, 5.74) is -0.115. The van der Waals surface area contributed by atoms with Crippen molar-refractivity contribution in [2.45, 2.75) is 31.2 Å². The molecule has 0 radical (unpaired) electrons. The van der Waals surface area contributed by atoms with Crippen molar-refractivity contribution in [3.05, 3.63) is 30.3 Å². The Labute approximate surface area is 117 Å². The van der Waals surface area contributed by atoms with Gasteiger partial charge in [0.25, 0.3) is 0 Å². The summed E-state index contributed by atoms with van der Waals surface area (Å²) in [6.45, 7) is 6.89. The van der Waals surface area contributed by atoms with Crippen LogP contribution in [-0.4, -0.2) is 27.5 Å². The Bertz CT molecular complexity index is 507. The number of nitrogens with zero attached hydrogens (tertiary/aromatic N) is 3. The van der Waals surface area contributed by atoms with Gasteiger partial charge in [0.05, 0.1) is 5.03 Å². The van der Waals surface area contributed by atoms with E-state index in [1.165, 1.54) is 0 Å². The number of hydrogen-bond acceptors (Lipinski definition) is 6. The van der Waals surface area contributed by atoms with Crippen LogP contribution in [0.2, 0.25) is 0 Å². The first-order valence-corrected chi connectivity index (χ1v) is 7.16. The Kier molecular flexibility index (Phi) is 4.42. The van der Waals surface area contributed by atoms with E-state index in [-0.39, 0.29) is 5.41 Å². The second-order valence-electron chi connectivity index (χ2n) is 5.11. The number of rotatable bonds is 5. The van der Waals surface area contributed by atoms with Gasteiger partial charge in [-0.25, -0.2) is 4.98 Å². The van der Waals surface area contributed by atoms with Crippen molar-refractivity contribution in [2.24, 2.45) is 0 Å². The highest BCUT2D eigenvalue weighted by Crippen LogP contribution is 2.22. The first-order valence-electron chi connectivity index (χ1n) is 6.17. The van der Waals surface area contributed by atoms with Gasteiger partial charge in [0.2, 0.25) is 5.89 Å². The SMILES string of the molecule is CC(C)(C)c1nnc(NCCSc2ccccn2)o1. The first-order chi connectivity index (χ1) is 9.05. The lowest BCUT2D eigenvalue weighted by Crippen LogP contribution is -2.11. The van der Waals surface area contributed by atoms with Crippen LogP contribution < -0.4 is 5.32 Å². The third kappa shape index (κ3) is 4.24. The standard InChI is InChI=1S/C13H18N4OS/c1-13(2,3)11-16-17-12(18-11)15-8-9-19-10-6-4-5-7-14-10/h4-7H,8-9H2,1-3H3,(H,15,17). The first kappa shape index (κ1) is 13.9. The highest BCUT2D eigenvalue weighted by Gasteiger charge is 2.21. The molecule has 0 unspecified atom stereocenters. The van der Waals surface area contributed by atoms with Gasteiger partial charge in [0, 0.05) is 23.9 Å². The van der Waals surface area contributed by atoms with Crippen LogP contribution in [0.4, 0.5) is 6.01 Å². The van der Waals surface area contributed by atoms with Crippen molar-refractivity contribution in [2.75, 3.05) is 17.6 Å². The minimum absolute atomic E-state index is 0.115.